The van der Waals surface area contributed by atoms with E-state index in [9.17, 15) is 26.7 Å². The van der Waals surface area contributed by atoms with Crippen LogP contribution in [0.15, 0.2) is 82.6 Å². The Hall–Kier alpha value is -3.69. The van der Waals surface area contributed by atoms with Gasteiger partial charge in [-0.25, -0.2) is 16.8 Å². The molecule has 0 aliphatic carbocycles. The Bertz CT molecular complexity index is 1750. The predicted octanol–water partition coefficient (Wildman–Crippen LogP) is 4.61. The molecular weight excluding hydrogens is 671 g/mol. The molecule has 12 nitrogen and oxygen atoms in total. The van der Waals surface area contributed by atoms with Crippen LogP contribution < -0.4 is 14.2 Å². The number of sulfonamides is 2. The molecular formula is C35H47N3O9S2. The maximum Gasteiger partial charge on any atom is 0.261 e. The summed E-state index contributed by atoms with van der Waals surface area (Å²) in [7, 11) is -4.83. The van der Waals surface area contributed by atoms with Crippen molar-refractivity contribution >= 4 is 31.6 Å². The Morgan fingerprint density at radius 3 is 2.35 bits per heavy atom. The maximum atomic E-state index is 14.4. The van der Waals surface area contributed by atoms with Crippen LogP contribution in [0.2, 0.25) is 0 Å². The first-order valence-electron chi connectivity index (χ1n) is 16.3. The zero-order chi connectivity index (χ0) is 35.8. The molecule has 2 N–H and O–H groups in total. The van der Waals surface area contributed by atoms with Gasteiger partial charge in [-0.2, -0.15) is 4.31 Å². The van der Waals surface area contributed by atoms with Gasteiger partial charge < -0.3 is 24.2 Å². The van der Waals surface area contributed by atoms with Crippen LogP contribution in [0.4, 0.5) is 5.69 Å². The number of carbonyl (C=O) groups is 1. The summed E-state index contributed by atoms with van der Waals surface area (Å²) in [5.41, 5.74) is 0.270. The molecule has 4 rings (SSSR count). The largest absolute Gasteiger partial charge is 0.497 e. The van der Waals surface area contributed by atoms with Crippen LogP contribution >= 0.6 is 0 Å². The smallest absolute Gasteiger partial charge is 0.261 e. The van der Waals surface area contributed by atoms with Crippen molar-refractivity contribution in [1.29, 1.82) is 0 Å². The average molecular weight is 718 g/mol. The van der Waals surface area contributed by atoms with Gasteiger partial charge in [0.2, 0.25) is 10.0 Å². The van der Waals surface area contributed by atoms with E-state index >= 15 is 0 Å². The van der Waals surface area contributed by atoms with E-state index in [1.165, 1.54) is 53.7 Å². The highest BCUT2D eigenvalue weighted by Gasteiger charge is 2.32. The zero-order valence-corrected chi connectivity index (χ0v) is 30.2. The fraction of sp³-hybridized carbons (Fsp3) is 0.457. The van der Waals surface area contributed by atoms with Gasteiger partial charge in [0.25, 0.3) is 15.9 Å². The normalized spacial score (nSPS) is 20.5. The number of likely N-dealkylation sites (N-methyl/N-ethyl adjacent to an activating group) is 1. The second kappa shape index (κ2) is 16.8. The van der Waals surface area contributed by atoms with E-state index in [0.717, 1.165) is 6.42 Å². The molecule has 1 aliphatic heterocycles. The summed E-state index contributed by atoms with van der Waals surface area (Å²) in [6, 6.07) is 18.0. The quantitative estimate of drug-likeness (QED) is 0.306. The van der Waals surface area contributed by atoms with Crippen molar-refractivity contribution in [3.05, 3.63) is 78.4 Å². The number of aliphatic hydroxyl groups is 1. The maximum absolute atomic E-state index is 14.4. The van der Waals surface area contributed by atoms with Gasteiger partial charge in [-0.3, -0.25) is 9.52 Å². The summed E-state index contributed by atoms with van der Waals surface area (Å²) in [6.45, 7) is 5.67. The lowest BCUT2D eigenvalue weighted by molar-refractivity contribution is -0.00833. The van der Waals surface area contributed by atoms with Crippen molar-refractivity contribution in [2.24, 2.45) is 5.92 Å². The van der Waals surface area contributed by atoms with Crippen LogP contribution in [0, 0.1) is 5.92 Å². The molecule has 0 unspecified atom stereocenters. The van der Waals surface area contributed by atoms with Crippen LogP contribution in [-0.4, -0.2) is 95.8 Å². The van der Waals surface area contributed by atoms with Crippen LogP contribution in [0.5, 0.6) is 11.5 Å². The number of nitrogens with zero attached hydrogens (tertiary/aromatic N) is 2. The Morgan fingerprint density at radius 2 is 1.69 bits per heavy atom. The minimum absolute atomic E-state index is 0.0132. The monoisotopic (exact) mass is 717 g/mol. The van der Waals surface area contributed by atoms with Crippen molar-refractivity contribution in [2.45, 2.75) is 68.1 Å². The summed E-state index contributed by atoms with van der Waals surface area (Å²) >= 11 is 0. The van der Waals surface area contributed by atoms with Gasteiger partial charge in [0.05, 0.1) is 47.3 Å². The highest BCUT2D eigenvalue weighted by molar-refractivity contribution is 7.92. The predicted molar refractivity (Wildman–Crippen MR) is 187 cm³/mol. The van der Waals surface area contributed by atoms with E-state index in [2.05, 4.69) is 4.72 Å². The molecule has 3 aromatic carbocycles. The fourth-order valence-electron chi connectivity index (χ4n) is 5.54. The molecule has 4 atom stereocenters. The lowest BCUT2D eigenvalue weighted by Crippen LogP contribution is -2.48. The number of aliphatic hydroxyl groups excluding tert-OH is 1. The number of nitrogens with one attached hydrogen (secondary N) is 1. The summed E-state index contributed by atoms with van der Waals surface area (Å²) in [5, 5.41) is 10.2. The average Bonchev–Trinajstić information content (AvgIpc) is 3.09. The number of hydrogen-bond donors (Lipinski definition) is 2. The summed E-state index contributed by atoms with van der Waals surface area (Å²) in [4.78, 5) is 16.1. The fourth-order valence-corrected chi connectivity index (χ4v) is 7.80. The third-order valence-electron chi connectivity index (χ3n) is 8.56. The van der Waals surface area contributed by atoms with Gasteiger partial charge >= 0.3 is 0 Å². The standard InChI is InChI=1S/C35H47N3O9S2/c1-25-22-38(26(2)24-39)35(40)32-21-28(36-48(41,42)30-17-15-29(45-5)16-18-30)14-19-33(32)47-27(3)11-9-10-20-46-34(25)23-37(4)49(43,44)31-12-7-6-8-13-31/h6-8,12-19,21,25-27,34,36,39H,9-11,20,22-24H2,1-5H3/t25-,26+,27+,34-/m0/s1. The number of methoxy groups -OCH3 is 1. The molecule has 0 bridgehead atoms. The van der Waals surface area contributed by atoms with Crippen molar-refractivity contribution < 1.29 is 40.9 Å². The Morgan fingerprint density at radius 1 is 1.00 bits per heavy atom. The van der Waals surface area contributed by atoms with E-state index in [-0.39, 0.29) is 58.5 Å². The van der Waals surface area contributed by atoms with E-state index in [0.29, 0.717) is 25.2 Å². The highest BCUT2D eigenvalue weighted by Crippen LogP contribution is 2.30. The third kappa shape index (κ3) is 9.73. The molecule has 268 valence electrons. The van der Waals surface area contributed by atoms with E-state index < -0.39 is 38.1 Å². The summed E-state index contributed by atoms with van der Waals surface area (Å²) < 4.78 is 74.7. The second-order valence-corrected chi connectivity index (χ2v) is 16.1. The first-order chi connectivity index (χ1) is 23.3. The number of fused-ring (bicyclic) bond motifs is 1. The highest BCUT2D eigenvalue weighted by atomic mass is 32.2. The SMILES string of the molecule is COc1ccc(S(=O)(=O)Nc2ccc3c(c2)C(=O)N([C@H](C)CO)C[C@H](C)[C@H](CN(C)S(=O)(=O)c2ccccc2)OCCCC[C@@H](C)O3)cc1. The first-order valence-corrected chi connectivity index (χ1v) is 19.2. The first kappa shape index (κ1) is 38.1. The molecule has 14 heteroatoms. The minimum atomic E-state index is -4.02. The Balaban J connectivity index is 1.67. The van der Waals surface area contributed by atoms with Crippen molar-refractivity contribution in [2.75, 3.05) is 45.2 Å². The lowest BCUT2D eigenvalue weighted by Gasteiger charge is -2.35. The molecule has 0 fully saturated rings. The van der Waals surface area contributed by atoms with Crippen LogP contribution in [-0.2, 0) is 24.8 Å². The van der Waals surface area contributed by atoms with Crippen LogP contribution in [0.3, 0.4) is 0 Å². The number of ether oxygens (including phenoxy) is 3. The molecule has 1 amide bonds. The number of rotatable bonds is 10. The third-order valence-corrected chi connectivity index (χ3v) is 11.8. The van der Waals surface area contributed by atoms with Crippen molar-refractivity contribution in [3.63, 3.8) is 0 Å². The van der Waals surface area contributed by atoms with Gasteiger partial charge in [-0.05, 0) is 87.7 Å². The van der Waals surface area contributed by atoms with Gasteiger partial charge in [0.15, 0.2) is 0 Å². The van der Waals surface area contributed by atoms with Crippen molar-refractivity contribution in [3.8, 4) is 11.5 Å². The van der Waals surface area contributed by atoms with E-state index in [1.54, 1.807) is 49.4 Å². The molecule has 0 aromatic heterocycles. The number of carbonyl (C=O) groups excluding carboxylic acids is 1. The molecule has 0 spiro atoms. The topological polar surface area (TPSA) is 152 Å². The van der Waals surface area contributed by atoms with Crippen LogP contribution in [0.1, 0.15) is 50.4 Å². The lowest BCUT2D eigenvalue weighted by atomic mass is 10.0. The minimum Gasteiger partial charge on any atom is -0.497 e. The molecule has 0 radical (unpaired) electrons. The summed E-state index contributed by atoms with van der Waals surface area (Å²) in [6.07, 6.45) is 1.26. The molecule has 0 saturated heterocycles. The van der Waals surface area contributed by atoms with Crippen molar-refractivity contribution in [1.82, 2.24) is 9.21 Å². The summed E-state index contributed by atoms with van der Waals surface area (Å²) in [5.74, 6) is -0.0608. The van der Waals surface area contributed by atoms with Gasteiger partial charge in [-0.15, -0.1) is 0 Å². The number of anilines is 1. The molecule has 0 saturated carbocycles. The Labute approximate surface area is 290 Å². The van der Waals surface area contributed by atoms with Gasteiger partial charge in [0, 0.05) is 38.3 Å². The van der Waals surface area contributed by atoms with Gasteiger partial charge in [0.1, 0.15) is 11.5 Å². The molecule has 3 aromatic rings. The zero-order valence-electron chi connectivity index (χ0n) is 28.6. The molecule has 1 aliphatic rings. The van der Waals surface area contributed by atoms with Gasteiger partial charge in [-0.1, -0.05) is 25.1 Å². The molecule has 49 heavy (non-hydrogen) atoms. The van der Waals surface area contributed by atoms with E-state index in [4.69, 9.17) is 14.2 Å². The molecule has 1 heterocycles. The number of hydrogen-bond acceptors (Lipinski definition) is 9. The number of amides is 1. The number of benzene rings is 3. The Kier molecular flexibility index (Phi) is 13.1. The van der Waals surface area contributed by atoms with Crippen LogP contribution in [0.25, 0.3) is 0 Å². The van der Waals surface area contributed by atoms with E-state index in [1.807, 2.05) is 13.8 Å². The second-order valence-electron chi connectivity index (χ2n) is 12.4.